The maximum absolute atomic E-state index is 13.5. The second-order valence-electron chi connectivity index (χ2n) is 9.45. The third kappa shape index (κ3) is 4.54. The van der Waals surface area contributed by atoms with Gasteiger partial charge in [-0.3, -0.25) is 4.79 Å². The molecular formula is C30H29N5O2. The van der Waals surface area contributed by atoms with Gasteiger partial charge in [0.1, 0.15) is 11.5 Å². The van der Waals surface area contributed by atoms with Gasteiger partial charge in [0.05, 0.1) is 22.9 Å². The second kappa shape index (κ2) is 9.67. The highest BCUT2D eigenvalue weighted by Crippen LogP contribution is 2.28. The fourth-order valence-electron chi connectivity index (χ4n) is 5.02. The molecule has 7 nitrogen and oxygen atoms in total. The summed E-state index contributed by atoms with van der Waals surface area (Å²) in [6, 6.07) is 21.2. The van der Waals surface area contributed by atoms with Crippen molar-refractivity contribution in [1.82, 2.24) is 14.9 Å². The Morgan fingerprint density at radius 3 is 2.51 bits per heavy atom. The number of para-hydroxylation sites is 1. The number of carbonyl (C=O) groups excluding carboxylic acids is 1. The topological polar surface area (TPSA) is 74.5 Å². The van der Waals surface area contributed by atoms with Crippen molar-refractivity contribution in [2.24, 2.45) is 0 Å². The molecule has 37 heavy (non-hydrogen) atoms. The van der Waals surface area contributed by atoms with E-state index in [4.69, 9.17) is 9.40 Å². The monoisotopic (exact) mass is 491 g/mol. The van der Waals surface area contributed by atoms with Gasteiger partial charge in [-0.1, -0.05) is 25.1 Å². The third-order valence-corrected chi connectivity index (χ3v) is 7.14. The Morgan fingerprint density at radius 1 is 0.919 bits per heavy atom. The SMILES string of the molecule is CCN1CCN(c2cc(C)c3cc(NC(=O)c4cc(-c5ccco5)nc5ccccc45)ccc3n2)CC1. The molecule has 3 aromatic heterocycles. The predicted molar refractivity (Wildman–Crippen MR) is 148 cm³/mol. The molecule has 0 bridgehead atoms. The number of rotatable bonds is 5. The van der Waals surface area contributed by atoms with E-state index >= 15 is 0 Å². The van der Waals surface area contributed by atoms with E-state index < -0.39 is 0 Å². The number of pyridine rings is 2. The summed E-state index contributed by atoms with van der Waals surface area (Å²) in [6.45, 7) is 9.50. The number of aryl methyl sites for hydroxylation is 1. The number of nitrogens with zero attached hydrogens (tertiary/aromatic N) is 4. The number of hydrogen-bond donors (Lipinski definition) is 1. The van der Waals surface area contributed by atoms with Gasteiger partial charge >= 0.3 is 0 Å². The van der Waals surface area contributed by atoms with E-state index in [1.54, 1.807) is 12.3 Å². The number of piperazine rings is 1. The first kappa shape index (κ1) is 23.2. The summed E-state index contributed by atoms with van der Waals surface area (Å²) in [5.74, 6) is 1.45. The minimum atomic E-state index is -0.193. The number of amides is 1. The maximum Gasteiger partial charge on any atom is 0.256 e. The lowest BCUT2D eigenvalue weighted by Gasteiger charge is -2.35. The van der Waals surface area contributed by atoms with Crippen LogP contribution in [0, 0.1) is 6.92 Å². The minimum absolute atomic E-state index is 0.193. The van der Waals surface area contributed by atoms with Gasteiger partial charge in [0.15, 0.2) is 5.76 Å². The van der Waals surface area contributed by atoms with Crippen LogP contribution < -0.4 is 10.2 Å². The number of nitrogens with one attached hydrogen (secondary N) is 1. The Kier molecular flexibility index (Phi) is 6.06. The lowest BCUT2D eigenvalue weighted by Crippen LogP contribution is -2.46. The molecule has 1 saturated heterocycles. The van der Waals surface area contributed by atoms with Gasteiger partial charge in [0.2, 0.25) is 0 Å². The van der Waals surface area contributed by atoms with Gasteiger partial charge in [0.25, 0.3) is 5.91 Å². The summed E-state index contributed by atoms with van der Waals surface area (Å²) in [7, 11) is 0. The van der Waals surface area contributed by atoms with Crippen molar-refractivity contribution in [3.8, 4) is 11.5 Å². The molecule has 1 N–H and O–H groups in total. The van der Waals surface area contributed by atoms with Gasteiger partial charge < -0.3 is 19.5 Å². The Morgan fingerprint density at radius 2 is 1.73 bits per heavy atom. The molecule has 1 aliphatic heterocycles. The number of anilines is 2. The Labute approximate surface area is 215 Å². The largest absolute Gasteiger partial charge is 0.463 e. The molecule has 1 fully saturated rings. The average molecular weight is 492 g/mol. The first-order valence-corrected chi connectivity index (χ1v) is 12.7. The molecule has 0 aliphatic carbocycles. The zero-order chi connectivity index (χ0) is 25.4. The van der Waals surface area contributed by atoms with Gasteiger partial charge in [-0.05, 0) is 67.6 Å². The van der Waals surface area contributed by atoms with E-state index in [9.17, 15) is 4.79 Å². The highest BCUT2D eigenvalue weighted by molar-refractivity contribution is 6.13. The van der Waals surface area contributed by atoms with Gasteiger partial charge in [-0.15, -0.1) is 0 Å². The minimum Gasteiger partial charge on any atom is -0.463 e. The smallest absolute Gasteiger partial charge is 0.256 e. The van der Waals surface area contributed by atoms with E-state index in [1.165, 1.54) is 0 Å². The van der Waals surface area contributed by atoms with Crippen LogP contribution in [0.5, 0.6) is 0 Å². The Hall–Kier alpha value is -4.23. The number of fused-ring (bicyclic) bond motifs is 2. The molecule has 7 heteroatoms. The van der Waals surface area contributed by atoms with Crippen molar-refractivity contribution in [2.75, 3.05) is 42.9 Å². The van der Waals surface area contributed by atoms with Crippen molar-refractivity contribution in [2.45, 2.75) is 13.8 Å². The second-order valence-corrected chi connectivity index (χ2v) is 9.45. The summed E-state index contributed by atoms with van der Waals surface area (Å²) in [5, 5.41) is 4.92. The quantitative estimate of drug-likeness (QED) is 0.338. The number of hydrogen-bond acceptors (Lipinski definition) is 6. The van der Waals surface area contributed by atoms with Crippen LogP contribution >= 0.6 is 0 Å². The molecule has 0 atom stereocenters. The number of benzene rings is 2. The standard InChI is InChI=1S/C30H29N5O2/c1-3-34-12-14-35(15-13-34)29-17-20(2)23-18-21(10-11-26(23)33-29)31-30(36)24-19-27(28-9-6-16-37-28)32-25-8-5-4-7-22(24)25/h4-11,16-19H,3,12-15H2,1-2H3,(H,31,36). The first-order valence-electron chi connectivity index (χ1n) is 12.7. The fraction of sp³-hybridized carbons (Fsp3) is 0.233. The molecule has 0 saturated carbocycles. The van der Waals surface area contributed by atoms with Crippen LogP contribution in [0.25, 0.3) is 33.3 Å². The van der Waals surface area contributed by atoms with Crippen LogP contribution in [-0.2, 0) is 0 Å². The molecule has 186 valence electrons. The number of carbonyl (C=O) groups is 1. The highest BCUT2D eigenvalue weighted by atomic mass is 16.3. The highest BCUT2D eigenvalue weighted by Gasteiger charge is 2.19. The first-order chi connectivity index (χ1) is 18.1. The van der Waals surface area contributed by atoms with Gasteiger partial charge in [-0.25, -0.2) is 9.97 Å². The maximum atomic E-state index is 13.5. The molecular weight excluding hydrogens is 462 g/mol. The molecule has 4 heterocycles. The van der Waals surface area contributed by atoms with E-state index in [0.29, 0.717) is 17.0 Å². The summed E-state index contributed by atoms with van der Waals surface area (Å²) in [4.78, 5) is 27.9. The Balaban J connectivity index is 1.29. The summed E-state index contributed by atoms with van der Waals surface area (Å²) in [6.07, 6.45) is 1.61. The van der Waals surface area contributed by atoms with E-state index in [2.05, 4.69) is 40.0 Å². The molecule has 0 unspecified atom stereocenters. The molecule has 2 aromatic carbocycles. The van der Waals surface area contributed by atoms with Crippen LogP contribution in [0.15, 0.2) is 77.4 Å². The predicted octanol–water partition coefficient (Wildman–Crippen LogP) is 5.75. The molecule has 5 aromatic rings. The molecule has 1 aliphatic rings. The van der Waals surface area contributed by atoms with Gasteiger partial charge in [-0.2, -0.15) is 0 Å². The zero-order valence-corrected chi connectivity index (χ0v) is 21.1. The third-order valence-electron chi connectivity index (χ3n) is 7.14. The Bertz CT molecular complexity index is 1590. The lowest BCUT2D eigenvalue weighted by atomic mass is 10.1. The van der Waals surface area contributed by atoms with Crippen LogP contribution in [-0.4, -0.2) is 53.5 Å². The van der Waals surface area contributed by atoms with Gasteiger partial charge in [0, 0.05) is 42.6 Å². The molecule has 0 radical (unpaired) electrons. The average Bonchev–Trinajstić information content (AvgIpc) is 3.48. The molecule has 1 amide bonds. The summed E-state index contributed by atoms with van der Waals surface area (Å²) >= 11 is 0. The van der Waals surface area contributed by atoms with E-state index in [-0.39, 0.29) is 5.91 Å². The van der Waals surface area contributed by atoms with E-state index in [0.717, 1.165) is 71.6 Å². The van der Waals surface area contributed by atoms with Crippen LogP contribution in [0.1, 0.15) is 22.8 Å². The fourth-order valence-corrected chi connectivity index (χ4v) is 5.02. The number of likely N-dealkylation sites (N-methyl/N-ethyl adjacent to an activating group) is 1. The van der Waals surface area contributed by atoms with Crippen LogP contribution in [0.4, 0.5) is 11.5 Å². The van der Waals surface area contributed by atoms with Crippen LogP contribution in [0.2, 0.25) is 0 Å². The van der Waals surface area contributed by atoms with Crippen molar-refractivity contribution in [3.63, 3.8) is 0 Å². The molecule has 6 rings (SSSR count). The van der Waals surface area contributed by atoms with Crippen molar-refractivity contribution in [3.05, 3.63) is 84.1 Å². The van der Waals surface area contributed by atoms with Crippen molar-refractivity contribution >= 4 is 39.2 Å². The number of aromatic nitrogens is 2. The van der Waals surface area contributed by atoms with Crippen molar-refractivity contribution in [1.29, 1.82) is 0 Å². The van der Waals surface area contributed by atoms with E-state index in [1.807, 2.05) is 54.6 Å². The normalized spacial score (nSPS) is 14.4. The number of furan rings is 1. The van der Waals surface area contributed by atoms with Crippen molar-refractivity contribution < 1.29 is 9.21 Å². The zero-order valence-electron chi connectivity index (χ0n) is 21.1. The summed E-state index contributed by atoms with van der Waals surface area (Å²) < 4.78 is 5.54. The van der Waals surface area contributed by atoms with Crippen LogP contribution in [0.3, 0.4) is 0 Å². The lowest BCUT2D eigenvalue weighted by molar-refractivity contribution is 0.102. The molecule has 0 spiro atoms. The summed E-state index contributed by atoms with van der Waals surface area (Å²) in [5.41, 5.74) is 4.72.